The van der Waals surface area contributed by atoms with E-state index >= 15 is 0 Å². The summed E-state index contributed by atoms with van der Waals surface area (Å²) < 4.78 is 0. The third kappa shape index (κ3) is 2.10. The van der Waals surface area contributed by atoms with Crippen LogP contribution < -0.4 is 0 Å². The van der Waals surface area contributed by atoms with Crippen molar-refractivity contribution in [1.82, 2.24) is 0 Å². The van der Waals surface area contributed by atoms with Crippen LogP contribution in [-0.4, -0.2) is 10.2 Å². The van der Waals surface area contributed by atoms with E-state index in [0.29, 0.717) is 11.5 Å². The van der Waals surface area contributed by atoms with Crippen LogP contribution in [0.4, 0.5) is 0 Å². The lowest BCUT2D eigenvalue weighted by molar-refractivity contribution is -0.0432. The summed E-state index contributed by atoms with van der Waals surface area (Å²) in [6.45, 7) is 15.7. The average Bonchev–Trinajstić information content (AvgIpc) is 2.30. The lowest BCUT2D eigenvalue weighted by Gasteiger charge is -2.50. The van der Waals surface area contributed by atoms with Crippen molar-refractivity contribution in [3.8, 4) is 0 Å². The molecule has 0 spiro atoms. The van der Waals surface area contributed by atoms with Crippen molar-refractivity contribution in [3.63, 3.8) is 0 Å². The van der Waals surface area contributed by atoms with E-state index < -0.39 is 6.29 Å². The molecule has 0 fully saturated rings. The predicted molar refractivity (Wildman–Crippen MR) is 82.8 cm³/mol. The van der Waals surface area contributed by atoms with Crippen molar-refractivity contribution in [3.05, 3.63) is 33.9 Å². The number of aliphatic hydroxyl groups is 2. The van der Waals surface area contributed by atoms with Crippen molar-refractivity contribution in [2.75, 3.05) is 0 Å². The van der Waals surface area contributed by atoms with Crippen LogP contribution in [0.5, 0.6) is 0 Å². The van der Waals surface area contributed by atoms with Crippen molar-refractivity contribution in [1.29, 1.82) is 0 Å². The van der Waals surface area contributed by atoms with Crippen molar-refractivity contribution in [2.24, 2.45) is 11.3 Å². The highest BCUT2D eigenvalue weighted by molar-refractivity contribution is 5.51. The molecule has 1 aromatic carbocycles. The van der Waals surface area contributed by atoms with Gasteiger partial charge in [0, 0.05) is 5.56 Å². The Kier molecular flexibility index (Phi) is 3.55. The summed E-state index contributed by atoms with van der Waals surface area (Å²) in [7, 11) is 0. The lowest BCUT2D eigenvalue weighted by Crippen LogP contribution is -2.44. The van der Waals surface area contributed by atoms with Gasteiger partial charge in [0.25, 0.3) is 0 Å². The van der Waals surface area contributed by atoms with Gasteiger partial charge in [0.15, 0.2) is 6.29 Å². The molecule has 1 aromatic rings. The van der Waals surface area contributed by atoms with E-state index in [-0.39, 0.29) is 10.8 Å². The third-order valence-corrected chi connectivity index (χ3v) is 5.77. The van der Waals surface area contributed by atoms with Crippen molar-refractivity contribution < 1.29 is 10.2 Å². The molecule has 2 nitrogen and oxygen atoms in total. The minimum Gasteiger partial charge on any atom is -0.364 e. The molecular formula is C18H28O2. The zero-order chi connectivity index (χ0) is 15.5. The second-order valence-corrected chi connectivity index (χ2v) is 7.74. The van der Waals surface area contributed by atoms with Gasteiger partial charge in [0.1, 0.15) is 0 Å². The fourth-order valence-corrected chi connectivity index (χ4v) is 4.17. The maximum Gasteiger partial charge on any atom is 0.178 e. The fraction of sp³-hybridized carbons (Fsp3) is 0.667. The van der Waals surface area contributed by atoms with Gasteiger partial charge in [-0.25, -0.2) is 0 Å². The molecule has 2 heteroatoms. The zero-order valence-electron chi connectivity index (χ0n) is 13.8. The Morgan fingerprint density at radius 2 is 1.70 bits per heavy atom. The Hall–Kier alpha value is -0.860. The molecule has 0 heterocycles. The Bertz CT molecular complexity index is 539. The first-order chi connectivity index (χ1) is 9.00. The van der Waals surface area contributed by atoms with Gasteiger partial charge in [-0.05, 0) is 59.3 Å². The monoisotopic (exact) mass is 276 g/mol. The Balaban J connectivity index is 2.79. The second kappa shape index (κ2) is 4.57. The van der Waals surface area contributed by atoms with Gasteiger partial charge in [-0.2, -0.15) is 0 Å². The molecule has 2 N–H and O–H groups in total. The Morgan fingerprint density at radius 3 is 2.20 bits per heavy atom. The fourth-order valence-electron chi connectivity index (χ4n) is 4.17. The summed E-state index contributed by atoms with van der Waals surface area (Å²) in [5.41, 5.74) is 5.91. The number of hydrogen-bond acceptors (Lipinski definition) is 2. The number of fused-ring (bicyclic) bond motifs is 1. The number of aryl methyl sites for hydroxylation is 1. The highest BCUT2D eigenvalue weighted by Crippen LogP contribution is 2.52. The molecule has 1 aliphatic rings. The zero-order valence-corrected chi connectivity index (χ0v) is 13.8. The van der Waals surface area contributed by atoms with Crippen LogP contribution in [0.25, 0.3) is 0 Å². The van der Waals surface area contributed by atoms with Crippen LogP contribution in [0.3, 0.4) is 0 Å². The number of aliphatic hydroxyl groups excluding tert-OH is 1. The maximum atomic E-state index is 9.62. The number of hydrogen-bond donors (Lipinski definition) is 2. The predicted octanol–water partition coefficient (Wildman–Crippen LogP) is 3.78. The van der Waals surface area contributed by atoms with Crippen LogP contribution in [0.1, 0.15) is 68.7 Å². The van der Waals surface area contributed by atoms with Crippen LogP contribution in [0, 0.1) is 25.2 Å². The summed E-state index contributed by atoms with van der Waals surface area (Å²) in [5, 5.41) is 19.2. The third-order valence-electron chi connectivity index (χ3n) is 5.77. The van der Waals surface area contributed by atoms with Gasteiger partial charge in [0.05, 0.1) is 0 Å². The average molecular weight is 276 g/mol. The number of benzene rings is 1. The number of rotatable bonds is 1. The first kappa shape index (κ1) is 15.5. The van der Waals surface area contributed by atoms with E-state index in [1.165, 1.54) is 16.7 Å². The van der Waals surface area contributed by atoms with E-state index in [9.17, 15) is 10.2 Å². The van der Waals surface area contributed by atoms with E-state index in [4.69, 9.17) is 0 Å². The largest absolute Gasteiger partial charge is 0.364 e. The van der Waals surface area contributed by atoms with Crippen LogP contribution in [-0.2, 0) is 11.8 Å². The molecule has 112 valence electrons. The van der Waals surface area contributed by atoms with E-state index in [1.54, 1.807) is 0 Å². The maximum absolute atomic E-state index is 9.62. The normalized spacial score (nSPS) is 23.8. The highest BCUT2D eigenvalue weighted by atomic mass is 16.5. The standard InChI is InChI=1S/C18H28O2/c1-10-8-13(16(19)20)11(2)15-14(10)9-17(4,5)12(3)18(15,6)7/h8,12,16,19-20H,9H2,1-7H3. The molecular weight excluding hydrogens is 248 g/mol. The van der Waals surface area contributed by atoms with Crippen molar-refractivity contribution in [2.45, 2.75) is 66.6 Å². The molecule has 0 saturated heterocycles. The van der Waals surface area contributed by atoms with Crippen molar-refractivity contribution >= 4 is 0 Å². The van der Waals surface area contributed by atoms with Gasteiger partial charge in [-0.15, -0.1) is 0 Å². The van der Waals surface area contributed by atoms with Gasteiger partial charge in [-0.1, -0.05) is 40.7 Å². The van der Waals surface area contributed by atoms with Gasteiger partial charge in [-0.3, -0.25) is 0 Å². The first-order valence-electron chi connectivity index (χ1n) is 7.49. The molecule has 20 heavy (non-hydrogen) atoms. The molecule has 0 saturated carbocycles. The first-order valence-corrected chi connectivity index (χ1v) is 7.49. The molecule has 0 aliphatic heterocycles. The topological polar surface area (TPSA) is 40.5 Å². The van der Waals surface area contributed by atoms with Gasteiger partial charge >= 0.3 is 0 Å². The van der Waals surface area contributed by atoms with Crippen LogP contribution >= 0.6 is 0 Å². The molecule has 0 aromatic heterocycles. The van der Waals surface area contributed by atoms with Gasteiger partial charge in [0.2, 0.25) is 0 Å². The summed E-state index contributed by atoms with van der Waals surface area (Å²) in [4.78, 5) is 0. The summed E-state index contributed by atoms with van der Waals surface area (Å²) in [6.07, 6.45) is -0.332. The minimum atomic E-state index is -1.39. The summed E-state index contributed by atoms with van der Waals surface area (Å²) in [6, 6.07) is 1.95. The quantitative estimate of drug-likeness (QED) is 0.766. The van der Waals surface area contributed by atoms with E-state index in [2.05, 4.69) is 41.5 Å². The summed E-state index contributed by atoms with van der Waals surface area (Å²) in [5.74, 6) is 0.534. The molecule has 1 aliphatic carbocycles. The molecule has 1 unspecified atom stereocenters. The summed E-state index contributed by atoms with van der Waals surface area (Å²) >= 11 is 0. The van der Waals surface area contributed by atoms with Gasteiger partial charge < -0.3 is 10.2 Å². The molecule has 1 atom stereocenters. The van der Waals surface area contributed by atoms with E-state index in [0.717, 1.165) is 12.0 Å². The Morgan fingerprint density at radius 1 is 1.15 bits per heavy atom. The molecule has 0 bridgehead atoms. The minimum absolute atomic E-state index is 0.0385. The molecule has 2 rings (SSSR count). The Labute approximate surface area is 122 Å². The SMILES string of the molecule is Cc1cc(C(O)O)c(C)c2c1CC(C)(C)C(C)C2(C)C. The second-order valence-electron chi connectivity index (χ2n) is 7.74. The van der Waals surface area contributed by atoms with Crippen LogP contribution in [0.15, 0.2) is 6.07 Å². The van der Waals surface area contributed by atoms with Crippen LogP contribution in [0.2, 0.25) is 0 Å². The molecule has 0 radical (unpaired) electrons. The lowest BCUT2D eigenvalue weighted by atomic mass is 9.54. The van der Waals surface area contributed by atoms with E-state index in [1.807, 2.05) is 13.0 Å². The highest BCUT2D eigenvalue weighted by Gasteiger charge is 2.45. The molecule has 0 amide bonds. The smallest absolute Gasteiger partial charge is 0.178 e.